The first-order chi connectivity index (χ1) is 5.02. The Bertz CT molecular complexity index is 103. The summed E-state index contributed by atoms with van der Waals surface area (Å²) < 4.78 is 48.5. The standard InChI is InChI=1S/C7H12F4/c1-2-7(10,11)5-6(9)3-4-8/h6H,2-5H2,1H3/t6-/m0/s1. The van der Waals surface area contributed by atoms with E-state index in [9.17, 15) is 17.6 Å². The van der Waals surface area contributed by atoms with E-state index in [1.54, 1.807) is 0 Å². The van der Waals surface area contributed by atoms with Gasteiger partial charge in [-0.25, -0.2) is 13.2 Å². The first-order valence-corrected chi connectivity index (χ1v) is 3.59. The molecule has 0 amide bonds. The van der Waals surface area contributed by atoms with Crippen LogP contribution in [-0.4, -0.2) is 18.8 Å². The Balaban J connectivity index is 3.64. The molecule has 0 aliphatic heterocycles. The predicted molar refractivity (Wildman–Crippen MR) is 35.3 cm³/mol. The van der Waals surface area contributed by atoms with Gasteiger partial charge in [0.25, 0.3) is 5.92 Å². The number of rotatable bonds is 5. The first kappa shape index (κ1) is 10.7. The second-order valence-corrected chi connectivity index (χ2v) is 2.49. The smallest absolute Gasteiger partial charge is 0.250 e. The maximum Gasteiger partial charge on any atom is 0.250 e. The summed E-state index contributed by atoms with van der Waals surface area (Å²) in [7, 11) is 0. The van der Waals surface area contributed by atoms with Crippen LogP contribution in [0.2, 0.25) is 0 Å². The Kier molecular flexibility index (Phi) is 4.45. The van der Waals surface area contributed by atoms with Gasteiger partial charge in [0.05, 0.1) is 6.67 Å². The molecule has 0 radical (unpaired) electrons. The molecule has 4 heteroatoms. The first-order valence-electron chi connectivity index (χ1n) is 3.59. The molecule has 0 rings (SSSR count). The van der Waals surface area contributed by atoms with Crippen LogP contribution in [0, 0.1) is 0 Å². The summed E-state index contributed by atoms with van der Waals surface area (Å²) in [5.74, 6) is -2.98. The van der Waals surface area contributed by atoms with E-state index in [0.717, 1.165) is 0 Å². The van der Waals surface area contributed by atoms with E-state index in [1.807, 2.05) is 0 Å². The molecule has 0 heterocycles. The van der Waals surface area contributed by atoms with E-state index in [4.69, 9.17) is 0 Å². The Morgan fingerprint density at radius 1 is 1.36 bits per heavy atom. The van der Waals surface area contributed by atoms with E-state index in [2.05, 4.69) is 0 Å². The van der Waals surface area contributed by atoms with Gasteiger partial charge in [-0.15, -0.1) is 0 Å². The molecule has 0 aliphatic rings. The lowest BCUT2D eigenvalue weighted by Crippen LogP contribution is -2.20. The van der Waals surface area contributed by atoms with Crippen molar-refractivity contribution in [3.8, 4) is 0 Å². The highest BCUT2D eigenvalue weighted by Crippen LogP contribution is 2.26. The van der Waals surface area contributed by atoms with Gasteiger partial charge in [0, 0.05) is 19.3 Å². The predicted octanol–water partition coefficient (Wildman–Crippen LogP) is 3.12. The lowest BCUT2D eigenvalue weighted by Gasteiger charge is -2.15. The number of hydrogen-bond acceptors (Lipinski definition) is 0. The van der Waals surface area contributed by atoms with E-state index in [1.165, 1.54) is 6.92 Å². The summed E-state index contributed by atoms with van der Waals surface area (Å²) in [6.45, 7) is 0.406. The molecule has 68 valence electrons. The van der Waals surface area contributed by atoms with Crippen molar-refractivity contribution in [2.75, 3.05) is 6.67 Å². The average Bonchev–Trinajstić information content (AvgIpc) is 1.87. The van der Waals surface area contributed by atoms with Gasteiger partial charge in [-0.05, 0) is 0 Å². The van der Waals surface area contributed by atoms with Gasteiger partial charge in [0.1, 0.15) is 6.17 Å². The molecule has 0 unspecified atom stereocenters. The zero-order valence-corrected chi connectivity index (χ0v) is 6.42. The molecule has 0 fully saturated rings. The molecule has 0 aromatic carbocycles. The van der Waals surface area contributed by atoms with Crippen LogP contribution in [0.1, 0.15) is 26.2 Å². The van der Waals surface area contributed by atoms with E-state index >= 15 is 0 Å². The Morgan fingerprint density at radius 2 is 1.91 bits per heavy atom. The summed E-state index contributed by atoms with van der Waals surface area (Å²) in [4.78, 5) is 0. The van der Waals surface area contributed by atoms with Crippen molar-refractivity contribution in [3.05, 3.63) is 0 Å². The quantitative estimate of drug-likeness (QED) is 0.559. The minimum atomic E-state index is -2.98. The lowest BCUT2D eigenvalue weighted by molar-refractivity contribution is -0.0330. The normalized spacial score (nSPS) is 15.0. The Labute approximate surface area is 63.6 Å². The minimum absolute atomic E-state index is 0.389. The topological polar surface area (TPSA) is 0 Å². The second kappa shape index (κ2) is 4.57. The Morgan fingerprint density at radius 3 is 2.27 bits per heavy atom. The molecule has 0 spiro atoms. The minimum Gasteiger partial charge on any atom is -0.251 e. The molecule has 0 aromatic heterocycles. The fourth-order valence-electron chi connectivity index (χ4n) is 0.689. The summed E-state index contributed by atoms with van der Waals surface area (Å²) in [6.07, 6.45) is -3.38. The van der Waals surface area contributed by atoms with Crippen molar-refractivity contribution < 1.29 is 17.6 Å². The molecule has 0 N–H and O–H groups in total. The van der Waals surface area contributed by atoms with Gasteiger partial charge in [0.15, 0.2) is 0 Å². The fourth-order valence-corrected chi connectivity index (χ4v) is 0.689. The zero-order valence-electron chi connectivity index (χ0n) is 6.42. The van der Waals surface area contributed by atoms with Gasteiger partial charge in [-0.2, -0.15) is 0 Å². The van der Waals surface area contributed by atoms with Crippen LogP contribution in [0.25, 0.3) is 0 Å². The third-order valence-corrected chi connectivity index (χ3v) is 1.46. The molecule has 0 bridgehead atoms. The largest absolute Gasteiger partial charge is 0.251 e. The van der Waals surface area contributed by atoms with E-state index < -0.39 is 31.6 Å². The van der Waals surface area contributed by atoms with Crippen molar-refractivity contribution in [3.63, 3.8) is 0 Å². The van der Waals surface area contributed by atoms with Crippen LogP contribution in [0.5, 0.6) is 0 Å². The van der Waals surface area contributed by atoms with Crippen LogP contribution < -0.4 is 0 Å². The summed E-state index contributed by atoms with van der Waals surface area (Å²) in [6, 6.07) is 0. The highest BCUT2D eigenvalue weighted by atomic mass is 19.3. The highest BCUT2D eigenvalue weighted by molar-refractivity contribution is 4.69. The third kappa shape index (κ3) is 5.04. The lowest BCUT2D eigenvalue weighted by atomic mass is 10.1. The molecule has 0 aliphatic carbocycles. The molecule has 0 saturated carbocycles. The van der Waals surface area contributed by atoms with Gasteiger partial charge in [0.2, 0.25) is 0 Å². The maximum atomic E-state index is 12.4. The highest BCUT2D eigenvalue weighted by Gasteiger charge is 2.30. The number of halogens is 4. The van der Waals surface area contributed by atoms with Crippen LogP contribution >= 0.6 is 0 Å². The van der Waals surface area contributed by atoms with Crippen molar-refractivity contribution >= 4 is 0 Å². The van der Waals surface area contributed by atoms with Crippen molar-refractivity contribution in [1.82, 2.24) is 0 Å². The van der Waals surface area contributed by atoms with Gasteiger partial charge in [-0.3, -0.25) is 4.39 Å². The molecule has 1 atom stereocenters. The molecule has 0 aromatic rings. The SMILES string of the molecule is CCC(F)(F)C[C@@H](F)CCF. The number of alkyl halides is 4. The van der Waals surface area contributed by atoms with Crippen molar-refractivity contribution in [1.29, 1.82) is 0 Å². The van der Waals surface area contributed by atoms with Crippen LogP contribution in [0.3, 0.4) is 0 Å². The van der Waals surface area contributed by atoms with Crippen molar-refractivity contribution in [2.45, 2.75) is 38.3 Å². The van der Waals surface area contributed by atoms with Crippen molar-refractivity contribution in [2.24, 2.45) is 0 Å². The average molecular weight is 172 g/mol. The summed E-state index contributed by atoms with van der Waals surface area (Å²) >= 11 is 0. The number of hydrogen-bond donors (Lipinski definition) is 0. The third-order valence-electron chi connectivity index (χ3n) is 1.46. The Hall–Kier alpha value is -0.280. The van der Waals surface area contributed by atoms with Crippen LogP contribution in [0.15, 0.2) is 0 Å². The fraction of sp³-hybridized carbons (Fsp3) is 1.00. The van der Waals surface area contributed by atoms with Gasteiger partial charge in [-0.1, -0.05) is 6.92 Å². The summed E-state index contributed by atoms with van der Waals surface area (Å²) in [5, 5.41) is 0. The molecule has 0 saturated heterocycles. The monoisotopic (exact) mass is 172 g/mol. The molecule has 11 heavy (non-hydrogen) atoms. The second-order valence-electron chi connectivity index (χ2n) is 2.49. The zero-order chi connectivity index (χ0) is 8.91. The molecular formula is C7H12F4. The molecule has 0 nitrogen and oxygen atoms in total. The van der Waals surface area contributed by atoms with E-state index in [-0.39, 0.29) is 6.42 Å². The van der Waals surface area contributed by atoms with Gasteiger partial charge >= 0.3 is 0 Å². The molecular weight excluding hydrogens is 160 g/mol. The van der Waals surface area contributed by atoms with Crippen LogP contribution in [0.4, 0.5) is 17.6 Å². The van der Waals surface area contributed by atoms with E-state index in [0.29, 0.717) is 0 Å². The van der Waals surface area contributed by atoms with Gasteiger partial charge < -0.3 is 0 Å². The summed E-state index contributed by atoms with van der Waals surface area (Å²) in [5.41, 5.74) is 0. The van der Waals surface area contributed by atoms with Crippen LogP contribution in [-0.2, 0) is 0 Å². The maximum absolute atomic E-state index is 12.4.